The van der Waals surface area contributed by atoms with Crippen LogP contribution in [0.25, 0.3) is 0 Å². The van der Waals surface area contributed by atoms with E-state index in [9.17, 15) is 5.11 Å². The molecule has 96 valence electrons. The average molecular weight is 244 g/mol. The van der Waals surface area contributed by atoms with Gasteiger partial charge >= 0.3 is 0 Å². The van der Waals surface area contributed by atoms with Crippen LogP contribution in [0.15, 0.2) is 24.3 Å². The second-order valence-electron chi connectivity index (χ2n) is 5.03. The second-order valence-corrected chi connectivity index (χ2v) is 5.03. The summed E-state index contributed by atoms with van der Waals surface area (Å²) in [4.78, 5) is 0. The Morgan fingerprint density at radius 1 is 1.33 bits per heavy atom. The molecule has 0 aliphatic heterocycles. The zero-order valence-corrected chi connectivity index (χ0v) is 10.6. The van der Waals surface area contributed by atoms with Crippen molar-refractivity contribution in [3.05, 3.63) is 35.4 Å². The van der Waals surface area contributed by atoms with Crippen molar-refractivity contribution in [3.63, 3.8) is 0 Å². The summed E-state index contributed by atoms with van der Waals surface area (Å²) in [6.07, 6.45) is 4.73. The molecule has 2 N–H and O–H groups in total. The summed E-state index contributed by atoms with van der Waals surface area (Å²) in [5.74, 6) is 0.387. The van der Waals surface area contributed by atoms with Gasteiger partial charge in [-0.1, -0.05) is 25.0 Å². The Hall–Kier alpha value is -1.37. The van der Waals surface area contributed by atoms with Crippen LogP contribution in [0, 0.1) is 17.2 Å². The van der Waals surface area contributed by atoms with Gasteiger partial charge in [0.15, 0.2) is 0 Å². The van der Waals surface area contributed by atoms with Gasteiger partial charge in [-0.25, -0.2) is 0 Å². The zero-order valence-electron chi connectivity index (χ0n) is 10.6. The van der Waals surface area contributed by atoms with Gasteiger partial charge in [0.2, 0.25) is 0 Å². The molecule has 0 amide bonds. The molecule has 18 heavy (non-hydrogen) atoms. The fraction of sp³-hybridized carbons (Fsp3) is 0.533. The molecule has 3 heteroatoms. The van der Waals surface area contributed by atoms with Gasteiger partial charge < -0.3 is 10.4 Å². The molecule has 2 rings (SSSR count). The predicted molar refractivity (Wildman–Crippen MR) is 70.8 cm³/mol. The first kappa shape index (κ1) is 13.1. The number of aliphatic hydroxyl groups excluding tert-OH is 1. The van der Waals surface area contributed by atoms with Crippen molar-refractivity contribution in [1.29, 1.82) is 5.26 Å². The van der Waals surface area contributed by atoms with E-state index in [2.05, 4.69) is 11.4 Å². The van der Waals surface area contributed by atoms with Gasteiger partial charge in [-0.15, -0.1) is 0 Å². The van der Waals surface area contributed by atoms with E-state index < -0.39 is 0 Å². The lowest BCUT2D eigenvalue weighted by Gasteiger charge is -2.31. The largest absolute Gasteiger partial charge is 0.396 e. The summed E-state index contributed by atoms with van der Waals surface area (Å²) in [5.41, 5.74) is 1.84. The smallest absolute Gasteiger partial charge is 0.0991 e. The Kier molecular flexibility index (Phi) is 4.74. The van der Waals surface area contributed by atoms with E-state index in [-0.39, 0.29) is 6.61 Å². The van der Waals surface area contributed by atoms with Crippen molar-refractivity contribution in [2.24, 2.45) is 5.92 Å². The Bertz CT molecular complexity index is 425. The minimum atomic E-state index is 0.274. The molecule has 1 fully saturated rings. The predicted octanol–water partition coefficient (Wildman–Crippen LogP) is 2.20. The van der Waals surface area contributed by atoms with E-state index in [1.165, 1.54) is 12.8 Å². The maximum Gasteiger partial charge on any atom is 0.0991 e. The van der Waals surface area contributed by atoms with Gasteiger partial charge in [-0.2, -0.15) is 5.26 Å². The highest BCUT2D eigenvalue weighted by atomic mass is 16.3. The van der Waals surface area contributed by atoms with E-state index in [1.807, 2.05) is 24.3 Å². The molecule has 1 aliphatic carbocycles. The van der Waals surface area contributed by atoms with Crippen molar-refractivity contribution >= 4 is 0 Å². The first-order valence-corrected chi connectivity index (χ1v) is 6.67. The summed E-state index contributed by atoms with van der Waals surface area (Å²) in [5, 5.41) is 21.7. The molecule has 0 bridgehead atoms. The second kappa shape index (κ2) is 6.53. The van der Waals surface area contributed by atoms with E-state index in [1.54, 1.807) is 0 Å². The van der Waals surface area contributed by atoms with Gasteiger partial charge in [-0.05, 0) is 36.5 Å². The van der Waals surface area contributed by atoms with Crippen LogP contribution in [0.3, 0.4) is 0 Å². The van der Waals surface area contributed by atoms with Crippen LogP contribution in [0.5, 0.6) is 0 Å². The Morgan fingerprint density at radius 2 is 2.17 bits per heavy atom. The summed E-state index contributed by atoms with van der Waals surface area (Å²) in [6, 6.07) is 10.3. The third kappa shape index (κ3) is 3.32. The van der Waals surface area contributed by atoms with E-state index in [0.29, 0.717) is 17.5 Å². The maximum absolute atomic E-state index is 9.36. The van der Waals surface area contributed by atoms with E-state index >= 15 is 0 Å². The SMILES string of the molecule is N#Cc1cccc(CNC2CCCCC2CO)c1. The molecule has 2 atom stereocenters. The van der Waals surface area contributed by atoms with Gasteiger partial charge in [0.1, 0.15) is 0 Å². The fourth-order valence-corrected chi connectivity index (χ4v) is 2.69. The number of nitrogens with zero attached hydrogens (tertiary/aromatic N) is 1. The first-order valence-electron chi connectivity index (χ1n) is 6.67. The van der Waals surface area contributed by atoms with E-state index in [4.69, 9.17) is 5.26 Å². The quantitative estimate of drug-likeness (QED) is 0.853. The highest BCUT2D eigenvalue weighted by Gasteiger charge is 2.23. The summed E-state index contributed by atoms with van der Waals surface area (Å²) < 4.78 is 0. The van der Waals surface area contributed by atoms with E-state index in [0.717, 1.165) is 24.9 Å². The van der Waals surface area contributed by atoms with Gasteiger partial charge in [0.05, 0.1) is 11.6 Å². The highest BCUT2D eigenvalue weighted by Crippen LogP contribution is 2.24. The van der Waals surface area contributed by atoms with Crippen molar-refractivity contribution in [1.82, 2.24) is 5.32 Å². The molecule has 2 unspecified atom stereocenters. The van der Waals surface area contributed by atoms with Gasteiger partial charge in [0.25, 0.3) is 0 Å². The number of hydrogen-bond acceptors (Lipinski definition) is 3. The third-order valence-corrected chi connectivity index (χ3v) is 3.77. The number of aliphatic hydroxyl groups is 1. The molecule has 1 aromatic rings. The van der Waals surface area contributed by atoms with Crippen molar-refractivity contribution in [2.75, 3.05) is 6.61 Å². The normalized spacial score (nSPS) is 23.6. The van der Waals surface area contributed by atoms with Crippen LogP contribution >= 0.6 is 0 Å². The molecule has 0 aromatic heterocycles. The molecule has 3 nitrogen and oxygen atoms in total. The summed E-state index contributed by atoms with van der Waals surface area (Å²) >= 11 is 0. The molecule has 0 radical (unpaired) electrons. The highest BCUT2D eigenvalue weighted by molar-refractivity contribution is 5.32. The van der Waals surface area contributed by atoms with Crippen LogP contribution in [0.4, 0.5) is 0 Å². The number of nitrogens with one attached hydrogen (secondary N) is 1. The Balaban J connectivity index is 1.91. The molecule has 0 heterocycles. The standard InChI is InChI=1S/C15H20N2O/c16-9-12-4-3-5-13(8-12)10-17-15-7-2-1-6-14(15)11-18/h3-5,8,14-15,17-18H,1-2,6-7,10-11H2. The minimum Gasteiger partial charge on any atom is -0.396 e. The average Bonchev–Trinajstić information content (AvgIpc) is 2.45. The topological polar surface area (TPSA) is 56.0 Å². The Morgan fingerprint density at radius 3 is 2.94 bits per heavy atom. The number of benzene rings is 1. The molecular formula is C15H20N2O. The van der Waals surface area contributed by atoms with Crippen LogP contribution in [0.1, 0.15) is 36.8 Å². The van der Waals surface area contributed by atoms with Gasteiger partial charge in [0, 0.05) is 19.2 Å². The third-order valence-electron chi connectivity index (χ3n) is 3.77. The fourth-order valence-electron chi connectivity index (χ4n) is 2.69. The Labute approximate surface area is 108 Å². The lowest BCUT2D eigenvalue weighted by atomic mass is 9.85. The van der Waals surface area contributed by atoms with Crippen LogP contribution in [0.2, 0.25) is 0 Å². The van der Waals surface area contributed by atoms with Crippen molar-refractivity contribution < 1.29 is 5.11 Å². The minimum absolute atomic E-state index is 0.274. The van der Waals surface area contributed by atoms with Gasteiger partial charge in [-0.3, -0.25) is 0 Å². The monoisotopic (exact) mass is 244 g/mol. The van der Waals surface area contributed by atoms with Crippen LogP contribution in [-0.4, -0.2) is 17.8 Å². The molecule has 0 spiro atoms. The molecule has 1 saturated carbocycles. The molecule has 1 aromatic carbocycles. The van der Waals surface area contributed by atoms with Crippen LogP contribution < -0.4 is 5.32 Å². The maximum atomic E-state index is 9.36. The zero-order chi connectivity index (χ0) is 12.8. The summed E-state index contributed by atoms with van der Waals surface area (Å²) in [7, 11) is 0. The first-order chi connectivity index (χ1) is 8.83. The molecule has 1 aliphatic rings. The number of rotatable bonds is 4. The number of nitriles is 1. The lowest BCUT2D eigenvalue weighted by Crippen LogP contribution is -2.39. The van der Waals surface area contributed by atoms with Crippen LogP contribution in [-0.2, 0) is 6.54 Å². The summed E-state index contributed by atoms with van der Waals surface area (Å²) in [6.45, 7) is 1.05. The number of hydrogen-bond donors (Lipinski definition) is 2. The lowest BCUT2D eigenvalue weighted by molar-refractivity contribution is 0.152. The van der Waals surface area contributed by atoms with Crippen molar-refractivity contribution in [3.8, 4) is 6.07 Å². The molecular weight excluding hydrogens is 224 g/mol. The van der Waals surface area contributed by atoms with Crippen molar-refractivity contribution in [2.45, 2.75) is 38.3 Å². The molecule has 0 saturated heterocycles.